The highest BCUT2D eigenvalue weighted by molar-refractivity contribution is 5.90. The molecule has 1 saturated heterocycles. The lowest BCUT2D eigenvalue weighted by atomic mass is 10.2. The average Bonchev–Trinajstić information content (AvgIpc) is 2.46. The summed E-state index contributed by atoms with van der Waals surface area (Å²) in [6.45, 7) is 4.32. The van der Waals surface area contributed by atoms with Crippen LogP contribution in [0.2, 0.25) is 0 Å². The molecule has 7 heteroatoms. The maximum atomic E-state index is 12.4. The van der Waals surface area contributed by atoms with Crippen LogP contribution in [0, 0.1) is 0 Å². The fraction of sp³-hybridized carbons (Fsp3) is 0.500. The van der Waals surface area contributed by atoms with E-state index in [4.69, 9.17) is 0 Å². The van der Waals surface area contributed by atoms with Crippen LogP contribution in [-0.4, -0.2) is 43.5 Å². The molecule has 1 heterocycles. The van der Waals surface area contributed by atoms with Crippen LogP contribution < -0.4 is 10.6 Å². The molecule has 0 atom stereocenters. The molecule has 2 rings (SSSR count). The van der Waals surface area contributed by atoms with Gasteiger partial charge in [-0.1, -0.05) is 0 Å². The monoisotopic (exact) mass is 301 g/mol. The molecule has 4 nitrogen and oxygen atoms in total. The van der Waals surface area contributed by atoms with E-state index >= 15 is 0 Å². The standard InChI is InChI=1S/C14H18F3N3O/c15-14(16,17)11-1-3-12(4-2-11)19-13(21)5-8-20-9-6-18-7-10-20/h1-4,18H,5-10H2,(H,19,21). The molecule has 0 saturated carbocycles. The van der Waals surface area contributed by atoms with E-state index in [-0.39, 0.29) is 5.91 Å². The molecule has 1 aromatic rings. The summed E-state index contributed by atoms with van der Waals surface area (Å²) in [4.78, 5) is 13.9. The van der Waals surface area contributed by atoms with Gasteiger partial charge in [-0.3, -0.25) is 4.79 Å². The third-order valence-corrected chi connectivity index (χ3v) is 3.36. The van der Waals surface area contributed by atoms with E-state index in [1.165, 1.54) is 12.1 Å². The third kappa shape index (κ3) is 5.02. The van der Waals surface area contributed by atoms with Gasteiger partial charge in [0.05, 0.1) is 5.56 Å². The van der Waals surface area contributed by atoms with Gasteiger partial charge >= 0.3 is 6.18 Å². The number of rotatable bonds is 4. The summed E-state index contributed by atoms with van der Waals surface area (Å²) < 4.78 is 37.2. The Morgan fingerprint density at radius 2 is 1.81 bits per heavy atom. The van der Waals surface area contributed by atoms with Crippen molar-refractivity contribution in [3.63, 3.8) is 0 Å². The SMILES string of the molecule is O=C(CCN1CCNCC1)Nc1ccc(C(F)(F)F)cc1. The second-order valence-corrected chi connectivity index (χ2v) is 4.96. The summed E-state index contributed by atoms with van der Waals surface area (Å²) in [6, 6.07) is 4.47. The Bertz CT molecular complexity index is 467. The minimum atomic E-state index is -4.36. The van der Waals surface area contributed by atoms with Crippen molar-refractivity contribution >= 4 is 11.6 Å². The summed E-state index contributed by atoms with van der Waals surface area (Å²) in [7, 11) is 0. The van der Waals surface area contributed by atoms with Crippen molar-refractivity contribution in [3.05, 3.63) is 29.8 Å². The number of carbonyl (C=O) groups excluding carboxylic acids is 1. The molecule has 1 aromatic carbocycles. The van der Waals surface area contributed by atoms with E-state index in [9.17, 15) is 18.0 Å². The van der Waals surface area contributed by atoms with Crippen molar-refractivity contribution < 1.29 is 18.0 Å². The summed E-state index contributed by atoms with van der Waals surface area (Å²) in [6.07, 6.45) is -4.02. The lowest BCUT2D eigenvalue weighted by Crippen LogP contribution is -2.44. The highest BCUT2D eigenvalue weighted by Gasteiger charge is 2.29. The molecule has 0 radical (unpaired) electrons. The van der Waals surface area contributed by atoms with Crippen LogP contribution in [0.5, 0.6) is 0 Å². The van der Waals surface area contributed by atoms with Crippen LogP contribution in [0.3, 0.4) is 0 Å². The van der Waals surface area contributed by atoms with Gasteiger partial charge in [0.2, 0.25) is 5.91 Å². The normalized spacial score (nSPS) is 16.7. The lowest BCUT2D eigenvalue weighted by Gasteiger charge is -2.26. The average molecular weight is 301 g/mol. The molecule has 0 aliphatic carbocycles. The first-order chi connectivity index (χ1) is 9.95. The fourth-order valence-electron chi connectivity index (χ4n) is 2.16. The summed E-state index contributed by atoms with van der Waals surface area (Å²) in [5, 5.41) is 5.84. The molecule has 1 fully saturated rings. The number of amides is 1. The molecule has 21 heavy (non-hydrogen) atoms. The maximum Gasteiger partial charge on any atom is 0.416 e. The van der Waals surface area contributed by atoms with Gasteiger partial charge in [-0.25, -0.2) is 0 Å². The van der Waals surface area contributed by atoms with Crippen LogP contribution in [0.4, 0.5) is 18.9 Å². The van der Waals surface area contributed by atoms with Gasteiger partial charge in [0, 0.05) is 44.8 Å². The third-order valence-electron chi connectivity index (χ3n) is 3.36. The minimum Gasteiger partial charge on any atom is -0.326 e. The van der Waals surface area contributed by atoms with Gasteiger partial charge in [-0.15, -0.1) is 0 Å². The lowest BCUT2D eigenvalue weighted by molar-refractivity contribution is -0.137. The molecule has 1 aliphatic heterocycles. The highest BCUT2D eigenvalue weighted by atomic mass is 19.4. The molecule has 2 N–H and O–H groups in total. The van der Waals surface area contributed by atoms with Gasteiger partial charge in [0.25, 0.3) is 0 Å². The number of halogens is 3. The van der Waals surface area contributed by atoms with Crippen LogP contribution >= 0.6 is 0 Å². The van der Waals surface area contributed by atoms with E-state index in [1.807, 2.05) is 0 Å². The number of hydrogen-bond acceptors (Lipinski definition) is 3. The van der Waals surface area contributed by atoms with Crippen molar-refractivity contribution in [2.45, 2.75) is 12.6 Å². The van der Waals surface area contributed by atoms with Gasteiger partial charge in [-0.2, -0.15) is 13.2 Å². The number of anilines is 1. The minimum absolute atomic E-state index is 0.187. The Morgan fingerprint density at radius 3 is 2.38 bits per heavy atom. The van der Waals surface area contributed by atoms with Gasteiger partial charge in [-0.05, 0) is 24.3 Å². The Hall–Kier alpha value is -1.60. The highest BCUT2D eigenvalue weighted by Crippen LogP contribution is 2.29. The van der Waals surface area contributed by atoms with Crippen molar-refractivity contribution in [1.29, 1.82) is 0 Å². The van der Waals surface area contributed by atoms with Gasteiger partial charge in [0.1, 0.15) is 0 Å². The van der Waals surface area contributed by atoms with Crippen LogP contribution in [-0.2, 0) is 11.0 Å². The molecular formula is C14H18F3N3O. The van der Waals surface area contributed by atoms with E-state index in [2.05, 4.69) is 15.5 Å². The topological polar surface area (TPSA) is 44.4 Å². The molecule has 0 unspecified atom stereocenters. The quantitative estimate of drug-likeness (QED) is 0.893. The zero-order valence-corrected chi connectivity index (χ0v) is 11.5. The second-order valence-electron chi connectivity index (χ2n) is 4.96. The largest absolute Gasteiger partial charge is 0.416 e. The smallest absolute Gasteiger partial charge is 0.326 e. The predicted octanol–water partition coefficient (Wildman–Crippen LogP) is 1.94. The first-order valence-corrected chi connectivity index (χ1v) is 6.85. The van der Waals surface area contributed by atoms with E-state index in [0.29, 0.717) is 18.7 Å². The van der Waals surface area contributed by atoms with Crippen LogP contribution in [0.15, 0.2) is 24.3 Å². The number of hydrogen-bond donors (Lipinski definition) is 2. The van der Waals surface area contributed by atoms with Gasteiger partial charge < -0.3 is 15.5 Å². The first kappa shape index (κ1) is 15.8. The van der Waals surface area contributed by atoms with Crippen molar-refractivity contribution in [2.24, 2.45) is 0 Å². The number of nitrogens with one attached hydrogen (secondary N) is 2. The summed E-state index contributed by atoms with van der Waals surface area (Å²) in [5.41, 5.74) is -0.338. The number of piperazine rings is 1. The number of alkyl halides is 3. The van der Waals surface area contributed by atoms with E-state index in [0.717, 1.165) is 38.3 Å². The Labute approximate surface area is 121 Å². The van der Waals surface area contributed by atoms with Crippen LogP contribution in [0.1, 0.15) is 12.0 Å². The Balaban J connectivity index is 1.79. The molecule has 0 spiro atoms. The van der Waals surface area contributed by atoms with Crippen molar-refractivity contribution in [2.75, 3.05) is 38.0 Å². The Kier molecular flexibility index (Phi) is 5.19. The van der Waals surface area contributed by atoms with E-state index < -0.39 is 11.7 Å². The van der Waals surface area contributed by atoms with Crippen molar-refractivity contribution in [3.8, 4) is 0 Å². The predicted molar refractivity (Wildman–Crippen MR) is 74.0 cm³/mol. The number of benzene rings is 1. The summed E-state index contributed by atoms with van der Waals surface area (Å²) >= 11 is 0. The van der Waals surface area contributed by atoms with Gasteiger partial charge in [0.15, 0.2) is 0 Å². The van der Waals surface area contributed by atoms with E-state index in [1.54, 1.807) is 0 Å². The zero-order chi connectivity index (χ0) is 15.3. The van der Waals surface area contributed by atoms with Crippen molar-refractivity contribution in [1.82, 2.24) is 10.2 Å². The maximum absolute atomic E-state index is 12.4. The Morgan fingerprint density at radius 1 is 1.19 bits per heavy atom. The van der Waals surface area contributed by atoms with Crippen LogP contribution in [0.25, 0.3) is 0 Å². The zero-order valence-electron chi connectivity index (χ0n) is 11.5. The molecule has 0 bridgehead atoms. The second kappa shape index (κ2) is 6.91. The number of nitrogens with zero attached hydrogens (tertiary/aromatic N) is 1. The summed E-state index contributed by atoms with van der Waals surface area (Å²) in [5.74, 6) is -0.187. The molecule has 0 aromatic heterocycles. The molecule has 1 aliphatic rings. The number of carbonyl (C=O) groups is 1. The fourth-order valence-corrected chi connectivity index (χ4v) is 2.16. The first-order valence-electron chi connectivity index (χ1n) is 6.85. The molecule has 116 valence electrons. The molecular weight excluding hydrogens is 283 g/mol. The molecule has 1 amide bonds.